The van der Waals surface area contributed by atoms with Gasteiger partial charge in [0.05, 0.1) is 28.1 Å². The second-order valence-corrected chi connectivity index (χ2v) is 4.69. The van der Waals surface area contributed by atoms with E-state index in [1.165, 1.54) is 0 Å². The van der Waals surface area contributed by atoms with E-state index in [0.29, 0.717) is 11.4 Å². The van der Waals surface area contributed by atoms with Gasteiger partial charge in [0.1, 0.15) is 0 Å². The molecule has 7 heteroatoms. The number of halogens is 1. The zero-order chi connectivity index (χ0) is 13.3. The molecule has 3 N–H and O–H groups in total. The van der Waals surface area contributed by atoms with Crippen LogP contribution in [0.4, 0.5) is 0 Å². The smallest absolute Gasteiger partial charge is 0.0847 e. The van der Waals surface area contributed by atoms with Crippen molar-refractivity contribution in [1.29, 1.82) is 0 Å². The van der Waals surface area contributed by atoms with Gasteiger partial charge in [0.2, 0.25) is 0 Å². The highest BCUT2D eigenvalue weighted by molar-refractivity contribution is 6.31. The standard InChI is InChI=1S/C11H17ClN6/c1-7-11(12)10(18(3)15-7)6-9(14-13)8-4-5-17(2)16-8/h4-5,9,14H,6,13H2,1-3H3. The molecular weight excluding hydrogens is 252 g/mol. The summed E-state index contributed by atoms with van der Waals surface area (Å²) in [5.74, 6) is 5.60. The van der Waals surface area contributed by atoms with E-state index in [1.807, 2.05) is 33.3 Å². The van der Waals surface area contributed by atoms with Gasteiger partial charge >= 0.3 is 0 Å². The van der Waals surface area contributed by atoms with E-state index in [2.05, 4.69) is 15.6 Å². The minimum Gasteiger partial charge on any atom is -0.275 e. The molecule has 2 aromatic heterocycles. The Labute approximate surface area is 111 Å². The minimum atomic E-state index is -0.0847. The maximum Gasteiger partial charge on any atom is 0.0847 e. The Hall–Kier alpha value is -1.37. The van der Waals surface area contributed by atoms with E-state index in [9.17, 15) is 0 Å². The topological polar surface area (TPSA) is 73.7 Å². The van der Waals surface area contributed by atoms with Crippen LogP contribution in [0, 0.1) is 6.92 Å². The molecule has 2 aromatic rings. The van der Waals surface area contributed by atoms with Crippen molar-refractivity contribution < 1.29 is 0 Å². The van der Waals surface area contributed by atoms with Crippen molar-refractivity contribution in [3.8, 4) is 0 Å². The molecule has 0 aliphatic heterocycles. The van der Waals surface area contributed by atoms with Crippen molar-refractivity contribution in [2.75, 3.05) is 0 Å². The summed E-state index contributed by atoms with van der Waals surface area (Å²) < 4.78 is 3.53. The summed E-state index contributed by atoms with van der Waals surface area (Å²) in [6.07, 6.45) is 2.53. The molecule has 0 fully saturated rings. The van der Waals surface area contributed by atoms with Gasteiger partial charge in [-0.3, -0.25) is 20.6 Å². The van der Waals surface area contributed by atoms with E-state index in [1.54, 1.807) is 9.36 Å². The quantitative estimate of drug-likeness (QED) is 0.637. The summed E-state index contributed by atoms with van der Waals surface area (Å²) in [5.41, 5.74) is 5.42. The van der Waals surface area contributed by atoms with Crippen LogP contribution in [0.2, 0.25) is 5.02 Å². The van der Waals surface area contributed by atoms with Crippen molar-refractivity contribution in [2.24, 2.45) is 19.9 Å². The first-order chi connectivity index (χ1) is 8.52. The van der Waals surface area contributed by atoms with Gasteiger partial charge in [-0.15, -0.1) is 0 Å². The Morgan fingerprint density at radius 3 is 2.61 bits per heavy atom. The number of aromatic nitrogens is 4. The number of nitrogens with one attached hydrogen (secondary N) is 1. The average Bonchev–Trinajstić information content (AvgIpc) is 2.84. The third kappa shape index (κ3) is 2.40. The predicted molar refractivity (Wildman–Crippen MR) is 69.9 cm³/mol. The summed E-state index contributed by atoms with van der Waals surface area (Å²) in [4.78, 5) is 0. The van der Waals surface area contributed by atoms with Gasteiger partial charge in [-0.2, -0.15) is 10.2 Å². The van der Waals surface area contributed by atoms with Crippen LogP contribution < -0.4 is 11.3 Å². The monoisotopic (exact) mass is 268 g/mol. The Balaban J connectivity index is 2.25. The number of aryl methyl sites for hydroxylation is 3. The molecule has 6 nitrogen and oxygen atoms in total. The zero-order valence-corrected chi connectivity index (χ0v) is 11.4. The lowest BCUT2D eigenvalue weighted by atomic mass is 10.1. The van der Waals surface area contributed by atoms with Crippen LogP contribution in [0.5, 0.6) is 0 Å². The van der Waals surface area contributed by atoms with Crippen molar-refractivity contribution in [3.05, 3.63) is 34.4 Å². The highest BCUT2D eigenvalue weighted by atomic mass is 35.5. The number of nitrogens with zero attached hydrogens (tertiary/aromatic N) is 4. The number of hydrogen-bond acceptors (Lipinski definition) is 4. The van der Waals surface area contributed by atoms with Crippen molar-refractivity contribution in [1.82, 2.24) is 25.0 Å². The molecule has 0 radical (unpaired) electrons. The summed E-state index contributed by atoms with van der Waals surface area (Å²) in [6, 6.07) is 1.85. The van der Waals surface area contributed by atoms with Crippen LogP contribution in [0.15, 0.2) is 12.3 Å². The molecule has 1 unspecified atom stereocenters. The summed E-state index contributed by atoms with van der Waals surface area (Å²) in [5, 5.41) is 9.32. The molecule has 2 rings (SSSR count). The van der Waals surface area contributed by atoms with Crippen LogP contribution in [0.1, 0.15) is 23.1 Å². The van der Waals surface area contributed by atoms with Crippen molar-refractivity contribution in [3.63, 3.8) is 0 Å². The third-order valence-electron chi connectivity index (χ3n) is 2.95. The number of nitrogens with two attached hydrogens (primary N) is 1. The van der Waals surface area contributed by atoms with Crippen LogP contribution in [-0.4, -0.2) is 19.6 Å². The maximum atomic E-state index is 6.23. The van der Waals surface area contributed by atoms with E-state index in [0.717, 1.165) is 17.1 Å². The van der Waals surface area contributed by atoms with Crippen molar-refractivity contribution >= 4 is 11.6 Å². The van der Waals surface area contributed by atoms with Gasteiger partial charge in [0.25, 0.3) is 0 Å². The first-order valence-electron chi connectivity index (χ1n) is 5.66. The number of rotatable bonds is 4. The molecule has 18 heavy (non-hydrogen) atoms. The fourth-order valence-electron chi connectivity index (χ4n) is 1.96. The van der Waals surface area contributed by atoms with E-state index in [4.69, 9.17) is 17.4 Å². The highest BCUT2D eigenvalue weighted by Crippen LogP contribution is 2.24. The van der Waals surface area contributed by atoms with Crippen LogP contribution >= 0.6 is 11.6 Å². The molecule has 2 heterocycles. The Kier molecular flexibility index (Phi) is 3.70. The molecular formula is C11H17ClN6. The molecule has 98 valence electrons. The van der Waals surface area contributed by atoms with Gasteiger partial charge < -0.3 is 0 Å². The van der Waals surface area contributed by atoms with Crippen LogP contribution in [0.25, 0.3) is 0 Å². The van der Waals surface area contributed by atoms with E-state index >= 15 is 0 Å². The first-order valence-corrected chi connectivity index (χ1v) is 6.04. The van der Waals surface area contributed by atoms with Gasteiger partial charge in [0.15, 0.2) is 0 Å². The molecule has 1 atom stereocenters. The summed E-state index contributed by atoms with van der Waals surface area (Å²) in [7, 11) is 3.75. The lowest BCUT2D eigenvalue weighted by Gasteiger charge is -2.13. The van der Waals surface area contributed by atoms with E-state index in [-0.39, 0.29) is 6.04 Å². The average molecular weight is 269 g/mol. The molecule has 0 aliphatic rings. The lowest BCUT2D eigenvalue weighted by Crippen LogP contribution is -2.30. The number of hydrazine groups is 1. The fraction of sp³-hybridized carbons (Fsp3) is 0.455. The van der Waals surface area contributed by atoms with Crippen LogP contribution in [0.3, 0.4) is 0 Å². The normalized spacial score (nSPS) is 12.9. The zero-order valence-electron chi connectivity index (χ0n) is 10.7. The minimum absolute atomic E-state index is 0.0847. The fourth-order valence-corrected chi connectivity index (χ4v) is 2.20. The molecule has 0 saturated heterocycles. The molecule has 0 saturated carbocycles. The molecule has 0 aromatic carbocycles. The predicted octanol–water partition coefficient (Wildman–Crippen LogP) is 0.863. The van der Waals surface area contributed by atoms with Gasteiger partial charge in [-0.05, 0) is 13.0 Å². The summed E-state index contributed by atoms with van der Waals surface area (Å²) >= 11 is 6.23. The first kappa shape index (κ1) is 13.1. The molecule has 0 bridgehead atoms. The van der Waals surface area contributed by atoms with Gasteiger partial charge in [-0.25, -0.2) is 0 Å². The Morgan fingerprint density at radius 1 is 1.44 bits per heavy atom. The lowest BCUT2D eigenvalue weighted by molar-refractivity contribution is 0.511. The SMILES string of the molecule is Cc1nn(C)c(CC(NN)c2ccn(C)n2)c1Cl. The van der Waals surface area contributed by atoms with Gasteiger partial charge in [-0.1, -0.05) is 11.6 Å². The van der Waals surface area contributed by atoms with Gasteiger partial charge in [0, 0.05) is 26.7 Å². The molecule has 0 amide bonds. The Morgan fingerprint density at radius 2 is 2.17 bits per heavy atom. The van der Waals surface area contributed by atoms with Crippen LogP contribution in [-0.2, 0) is 20.5 Å². The Bertz CT molecular complexity index is 544. The third-order valence-corrected chi connectivity index (χ3v) is 3.44. The summed E-state index contributed by atoms with van der Waals surface area (Å²) in [6.45, 7) is 1.89. The second kappa shape index (κ2) is 5.09. The largest absolute Gasteiger partial charge is 0.275 e. The van der Waals surface area contributed by atoms with Crippen molar-refractivity contribution in [2.45, 2.75) is 19.4 Å². The highest BCUT2D eigenvalue weighted by Gasteiger charge is 2.19. The molecule has 0 aliphatic carbocycles. The number of hydrogen-bond donors (Lipinski definition) is 2. The molecule has 0 spiro atoms. The second-order valence-electron chi connectivity index (χ2n) is 4.31. The maximum absolute atomic E-state index is 6.23. The van der Waals surface area contributed by atoms with E-state index < -0.39 is 0 Å².